The molecule has 2 aromatic rings. The third kappa shape index (κ3) is 7.12. The van der Waals surface area contributed by atoms with Crippen LogP contribution in [0.15, 0.2) is 36.5 Å². The molecule has 1 heterocycles. The number of thioether (sulfide) groups is 1. The van der Waals surface area contributed by atoms with E-state index < -0.39 is 11.9 Å². The molecule has 2 rings (SSSR count). The summed E-state index contributed by atoms with van der Waals surface area (Å²) in [7, 11) is 0. The minimum absolute atomic E-state index is 0.118. The van der Waals surface area contributed by atoms with Gasteiger partial charge in [-0.05, 0) is 29.8 Å². The molecule has 0 atom stereocenters. The van der Waals surface area contributed by atoms with Crippen molar-refractivity contribution < 1.29 is 14.3 Å². The average Bonchev–Trinajstić information content (AvgIpc) is 2.58. The average molecular weight is 420 g/mol. The lowest BCUT2D eigenvalue weighted by molar-refractivity contribution is -0.144. The van der Waals surface area contributed by atoms with Crippen molar-refractivity contribution in [1.29, 1.82) is 0 Å². The number of nitrogens with zero attached hydrogens (tertiary/aromatic N) is 1. The smallest absolute Gasteiger partial charge is 0.316 e. The molecule has 25 heavy (non-hydrogen) atoms. The van der Waals surface area contributed by atoms with E-state index in [0.717, 1.165) is 5.56 Å². The summed E-state index contributed by atoms with van der Waals surface area (Å²) in [5, 5.41) is 3.91. The highest BCUT2D eigenvalue weighted by Crippen LogP contribution is 2.24. The number of nitrogens with one attached hydrogen (secondary N) is 1. The van der Waals surface area contributed by atoms with Crippen LogP contribution in [0.2, 0.25) is 15.1 Å². The molecule has 0 saturated heterocycles. The minimum Gasteiger partial charge on any atom is -0.455 e. The highest BCUT2D eigenvalue weighted by Gasteiger charge is 2.09. The topological polar surface area (TPSA) is 68.3 Å². The maximum absolute atomic E-state index is 11.7. The minimum atomic E-state index is -0.482. The highest BCUT2D eigenvalue weighted by molar-refractivity contribution is 7.99. The molecule has 0 radical (unpaired) electrons. The Bertz CT molecular complexity index is 757. The zero-order valence-corrected chi connectivity index (χ0v) is 15.9. The first kappa shape index (κ1) is 19.8. The van der Waals surface area contributed by atoms with Gasteiger partial charge in [0.05, 0.1) is 20.8 Å². The number of benzene rings is 1. The maximum Gasteiger partial charge on any atom is 0.316 e. The molecule has 9 heteroatoms. The number of anilines is 1. The van der Waals surface area contributed by atoms with Gasteiger partial charge in [-0.1, -0.05) is 40.9 Å². The lowest BCUT2D eigenvalue weighted by Gasteiger charge is -2.06. The number of halogens is 3. The molecule has 0 aliphatic carbocycles. The van der Waals surface area contributed by atoms with Crippen molar-refractivity contribution >= 4 is 64.3 Å². The van der Waals surface area contributed by atoms with E-state index in [-0.39, 0.29) is 12.4 Å². The van der Waals surface area contributed by atoms with E-state index >= 15 is 0 Å². The first-order valence-electron chi connectivity index (χ1n) is 7.03. The van der Waals surface area contributed by atoms with Gasteiger partial charge in [0, 0.05) is 11.9 Å². The van der Waals surface area contributed by atoms with Crippen molar-refractivity contribution in [3.8, 4) is 0 Å². The number of hydrogen-bond donors (Lipinski definition) is 1. The number of carbonyl (C=O) groups excluding carboxylic acids is 2. The third-order valence-corrected chi connectivity index (χ3v) is 4.77. The summed E-state index contributed by atoms with van der Waals surface area (Å²) in [6.07, 6.45) is 1.41. The van der Waals surface area contributed by atoms with Crippen LogP contribution in [0.4, 0.5) is 5.82 Å². The molecule has 0 aliphatic rings. The van der Waals surface area contributed by atoms with Gasteiger partial charge in [-0.2, -0.15) is 0 Å². The molecule has 132 valence electrons. The van der Waals surface area contributed by atoms with Crippen LogP contribution in [0.5, 0.6) is 0 Å². The van der Waals surface area contributed by atoms with Gasteiger partial charge in [-0.3, -0.25) is 9.59 Å². The number of esters is 1. The van der Waals surface area contributed by atoms with Gasteiger partial charge in [-0.25, -0.2) is 4.98 Å². The summed E-state index contributed by atoms with van der Waals surface area (Å²) < 4.78 is 4.91. The van der Waals surface area contributed by atoms with E-state index in [2.05, 4.69) is 10.3 Å². The summed E-state index contributed by atoms with van der Waals surface area (Å²) in [4.78, 5) is 27.2. The molecular weight excluding hydrogens is 407 g/mol. The molecule has 0 bridgehead atoms. The molecule has 0 saturated carbocycles. The molecule has 1 amide bonds. The summed E-state index contributed by atoms with van der Waals surface area (Å²) >= 11 is 18.8. The molecule has 1 aromatic carbocycles. The second-order valence-electron chi connectivity index (χ2n) is 4.81. The van der Waals surface area contributed by atoms with Gasteiger partial charge < -0.3 is 10.1 Å². The number of aromatic nitrogens is 1. The molecule has 1 N–H and O–H groups in total. The van der Waals surface area contributed by atoms with Crippen molar-refractivity contribution in [2.45, 2.75) is 5.75 Å². The van der Waals surface area contributed by atoms with E-state index in [0.29, 0.717) is 26.6 Å². The van der Waals surface area contributed by atoms with Crippen LogP contribution in [0, 0.1) is 0 Å². The molecule has 0 unspecified atom stereocenters. The largest absolute Gasteiger partial charge is 0.455 e. The summed E-state index contributed by atoms with van der Waals surface area (Å²) in [5.74, 6) is 0.0703. The summed E-state index contributed by atoms with van der Waals surface area (Å²) in [6.45, 7) is -0.378. The van der Waals surface area contributed by atoms with Crippen molar-refractivity contribution in [3.63, 3.8) is 0 Å². The van der Waals surface area contributed by atoms with Crippen molar-refractivity contribution in [2.75, 3.05) is 17.7 Å². The molecule has 0 aliphatic heterocycles. The van der Waals surface area contributed by atoms with Crippen LogP contribution in [-0.2, 0) is 20.1 Å². The first-order chi connectivity index (χ1) is 11.9. The predicted octanol–water partition coefficient (Wildman–Crippen LogP) is 4.46. The zero-order valence-electron chi connectivity index (χ0n) is 12.8. The second kappa shape index (κ2) is 9.87. The number of pyridine rings is 1. The standard InChI is InChI=1S/C16H13Cl3N2O3S/c17-11-2-4-14(20-6-11)21-15(22)7-24-16(23)9-25-8-10-1-3-12(18)13(19)5-10/h1-6H,7-9H2,(H,20,21,22). The van der Waals surface area contributed by atoms with Crippen molar-refractivity contribution in [1.82, 2.24) is 4.98 Å². The fourth-order valence-corrected chi connectivity index (χ4v) is 2.90. The van der Waals surface area contributed by atoms with Gasteiger partial charge in [0.25, 0.3) is 5.91 Å². The van der Waals surface area contributed by atoms with Crippen molar-refractivity contribution in [2.24, 2.45) is 0 Å². The SMILES string of the molecule is O=C(COC(=O)CSCc1ccc(Cl)c(Cl)c1)Nc1ccc(Cl)cn1. The van der Waals surface area contributed by atoms with Crippen LogP contribution in [-0.4, -0.2) is 29.2 Å². The Morgan fingerprint density at radius 2 is 1.92 bits per heavy atom. The highest BCUT2D eigenvalue weighted by atomic mass is 35.5. The fraction of sp³-hybridized carbons (Fsp3) is 0.188. The number of ether oxygens (including phenoxy) is 1. The quantitative estimate of drug-likeness (QED) is 0.671. The van der Waals surface area contributed by atoms with Crippen LogP contribution in [0.25, 0.3) is 0 Å². The monoisotopic (exact) mass is 418 g/mol. The fourth-order valence-electron chi connectivity index (χ4n) is 1.70. The Labute approximate surface area is 164 Å². The maximum atomic E-state index is 11.7. The predicted molar refractivity (Wildman–Crippen MR) is 101 cm³/mol. The Morgan fingerprint density at radius 3 is 2.60 bits per heavy atom. The summed E-state index contributed by atoms with van der Waals surface area (Å²) in [6, 6.07) is 8.42. The van der Waals surface area contributed by atoms with E-state index in [1.807, 2.05) is 6.07 Å². The van der Waals surface area contributed by atoms with Gasteiger partial charge in [0.15, 0.2) is 6.61 Å². The number of amides is 1. The van der Waals surface area contributed by atoms with Crippen LogP contribution in [0.1, 0.15) is 5.56 Å². The Hall–Kier alpha value is -1.47. The third-order valence-electron chi connectivity index (χ3n) is 2.83. The molecular formula is C16H13Cl3N2O3S. The van der Waals surface area contributed by atoms with E-state index in [9.17, 15) is 9.59 Å². The second-order valence-corrected chi connectivity index (χ2v) is 7.05. The Balaban J connectivity index is 1.67. The molecule has 1 aromatic heterocycles. The van der Waals surface area contributed by atoms with Crippen molar-refractivity contribution in [3.05, 3.63) is 57.2 Å². The van der Waals surface area contributed by atoms with Gasteiger partial charge in [-0.15, -0.1) is 11.8 Å². The number of carbonyl (C=O) groups is 2. The van der Waals surface area contributed by atoms with Gasteiger partial charge in [0.2, 0.25) is 0 Å². The first-order valence-corrected chi connectivity index (χ1v) is 9.31. The van der Waals surface area contributed by atoms with Crippen LogP contribution < -0.4 is 5.32 Å². The number of hydrogen-bond acceptors (Lipinski definition) is 5. The number of rotatable bonds is 7. The zero-order chi connectivity index (χ0) is 18.2. The molecule has 5 nitrogen and oxygen atoms in total. The van der Waals surface area contributed by atoms with Crippen LogP contribution >= 0.6 is 46.6 Å². The normalized spacial score (nSPS) is 10.4. The lowest BCUT2D eigenvalue weighted by atomic mass is 10.2. The Morgan fingerprint density at radius 1 is 1.12 bits per heavy atom. The van der Waals surface area contributed by atoms with Gasteiger partial charge >= 0.3 is 5.97 Å². The summed E-state index contributed by atoms with van der Waals surface area (Å²) in [5.41, 5.74) is 0.943. The van der Waals surface area contributed by atoms with E-state index in [1.54, 1.807) is 24.3 Å². The molecule has 0 fully saturated rings. The Kier molecular flexibility index (Phi) is 7.84. The van der Waals surface area contributed by atoms with Gasteiger partial charge in [0.1, 0.15) is 5.82 Å². The lowest BCUT2D eigenvalue weighted by Crippen LogP contribution is -2.22. The van der Waals surface area contributed by atoms with Crippen LogP contribution in [0.3, 0.4) is 0 Å². The van der Waals surface area contributed by atoms with E-state index in [4.69, 9.17) is 39.5 Å². The molecule has 0 spiro atoms. The van der Waals surface area contributed by atoms with E-state index in [1.165, 1.54) is 18.0 Å².